The first-order valence-corrected chi connectivity index (χ1v) is 4.07. The standard InChI is InChI=1S/C9H10N4O/c1-7-2-3-8(6-12-7)13-9(14)11-5-4-10/h2-3,6H,5H2,1H3,(H2,11,13,14). The number of anilines is 1. The number of hydrogen-bond donors (Lipinski definition) is 2. The van der Waals surface area contributed by atoms with Gasteiger partial charge in [-0.3, -0.25) is 4.98 Å². The number of aromatic nitrogens is 1. The molecule has 1 aromatic heterocycles. The molecule has 0 saturated carbocycles. The summed E-state index contributed by atoms with van der Waals surface area (Å²) in [4.78, 5) is 15.1. The van der Waals surface area contributed by atoms with Gasteiger partial charge in [0.2, 0.25) is 0 Å². The van der Waals surface area contributed by atoms with Gasteiger partial charge < -0.3 is 10.6 Å². The molecule has 5 heteroatoms. The van der Waals surface area contributed by atoms with Crippen LogP contribution in [0, 0.1) is 18.3 Å². The van der Waals surface area contributed by atoms with Crippen LogP contribution in [0.5, 0.6) is 0 Å². The molecule has 0 atom stereocenters. The molecule has 72 valence electrons. The van der Waals surface area contributed by atoms with Crippen molar-refractivity contribution in [2.75, 3.05) is 11.9 Å². The number of hydrogen-bond acceptors (Lipinski definition) is 3. The van der Waals surface area contributed by atoms with Gasteiger partial charge in [0.1, 0.15) is 6.54 Å². The molecular weight excluding hydrogens is 180 g/mol. The Bertz CT molecular complexity index is 352. The fraction of sp³-hybridized carbons (Fsp3) is 0.222. The lowest BCUT2D eigenvalue weighted by Gasteiger charge is -2.04. The van der Waals surface area contributed by atoms with Gasteiger partial charge in [0.05, 0.1) is 18.0 Å². The average molecular weight is 190 g/mol. The highest BCUT2D eigenvalue weighted by atomic mass is 16.2. The first kappa shape index (κ1) is 9.99. The van der Waals surface area contributed by atoms with Crippen LogP contribution in [0.1, 0.15) is 5.69 Å². The van der Waals surface area contributed by atoms with Gasteiger partial charge in [-0.05, 0) is 19.1 Å². The van der Waals surface area contributed by atoms with Crippen LogP contribution >= 0.6 is 0 Å². The second-order valence-corrected chi connectivity index (χ2v) is 2.65. The largest absolute Gasteiger partial charge is 0.325 e. The first-order chi connectivity index (χ1) is 6.72. The Kier molecular flexibility index (Phi) is 3.44. The van der Waals surface area contributed by atoms with Crippen LogP contribution in [-0.4, -0.2) is 17.6 Å². The lowest BCUT2D eigenvalue weighted by Crippen LogP contribution is -2.28. The highest BCUT2D eigenvalue weighted by Gasteiger charge is 1.99. The maximum Gasteiger partial charge on any atom is 0.320 e. The van der Waals surface area contributed by atoms with E-state index in [1.165, 1.54) is 0 Å². The van der Waals surface area contributed by atoms with Crippen molar-refractivity contribution in [3.05, 3.63) is 24.0 Å². The van der Waals surface area contributed by atoms with Gasteiger partial charge >= 0.3 is 6.03 Å². The number of urea groups is 1. The van der Waals surface area contributed by atoms with Gasteiger partial charge in [-0.1, -0.05) is 0 Å². The molecule has 0 aliphatic heterocycles. The van der Waals surface area contributed by atoms with Gasteiger partial charge in [-0.25, -0.2) is 4.79 Å². The highest BCUT2D eigenvalue weighted by molar-refractivity contribution is 5.89. The molecule has 5 nitrogen and oxygen atoms in total. The molecule has 0 bridgehead atoms. The van der Waals surface area contributed by atoms with Crippen LogP contribution in [0.25, 0.3) is 0 Å². The molecule has 2 N–H and O–H groups in total. The summed E-state index contributed by atoms with van der Waals surface area (Å²) < 4.78 is 0. The molecule has 0 aliphatic rings. The number of rotatable bonds is 2. The zero-order valence-corrected chi connectivity index (χ0v) is 7.74. The van der Waals surface area contributed by atoms with E-state index in [-0.39, 0.29) is 6.54 Å². The summed E-state index contributed by atoms with van der Waals surface area (Å²) in [5.74, 6) is 0. The molecule has 0 aromatic carbocycles. The van der Waals surface area contributed by atoms with Crippen molar-refractivity contribution in [1.29, 1.82) is 5.26 Å². The molecule has 0 radical (unpaired) electrons. The fourth-order valence-electron chi connectivity index (χ4n) is 0.837. The lowest BCUT2D eigenvalue weighted by atomic mass is 10.3. The second-order valence-electron chi connectivity index (χ2n) is 2.65. The van der Waals surface area contributed by atoms with Gasteiger partial charge in [-0.15, -0.1) is 0 Å². The second kappa shape index (κ2) is 4.82. The zero-order chi connectivity index (χ0) is 10.4. The number of pyridine rings is 1. The van der Waals surface area contributed by atoms with E-state index in [9.17, 15) is 4.79 Å². The molecule has 1 rings (SSSR count). The Balaban J connectivity index is 2.49. The molecule has 14 heavy (non-hydrogen) atoms. The van der Waals surface area contributed by atoms with E-state index in [0.717, 1.165) is 5.69 Å². The Morgan fingerprint density at radius 1 is 1.64 bits per heavy atom. The Labute approximate surface area is 81.8 Å². The van der Waals surface area contributed by atoms with Crippen LogP contribution in [0.15, 0.2) is 18.3 Å². The topological polar surface area (TPSA) is 77.8 Å². The lowest BCUT2D eigenvalue weighted by molar-refractivity contribution is 0.253. The number of nitrogens with zero attached hydrogens (tertiary/aromatic N) is 2. The Morgan fingerprint density at radius 3 is 3.00 bits per heavy atom. The van der Waals surface area contributed by atoms with Crippen molar-refractivity contribution in [1.82, 2.24) is 10.3 Å². The summed E-state index contributed by atoms with van der Waals surface area (Å²) in [6, 6.07) is 4.94. The van der Waals surface area contributed by atoms with Crippen molar-refractivity contribution in [2.24, 2.45) is 0 Å². The van der Waals surface area contributed by atoms with Crippen LogP contribution < -0.4 is 10.6 Å². The summed E-state index contributed by atoms with van der Waals surface area (Å²) in [6.45, 7) is 1.85. The van der Waals surface area contributed by atoms with Crippen molar-refractivity contribution in [2.45, 2.75) is 6.92 Å². The molecule has 0 fully saturated rings. The van der Waals surface area contributed by atoms with Gasteiger partial charge in [-0.2, -0.15) is 5.26 Å². The molecule has 0 spiro atoms. The minimum Gasteiger partial charge on any atom is -0.325 e. The third kappa shape index (κ3) is 3.11. The maximum absolute atomic E-state index is 11.1. The average Bonchev–Trinajstić information content (AvgIpc) is 2.18. The quantitative estimate of drug-likeness (QED) is 0.684. The third-order valence-corrected chi connectivity index (χ3v) is 1.50. The van der Waals surface area contributed by atoms with Crippen molar-refractivity contribution in [3.8, 4) is 6.07 Å². The smallest absolute Gasteiger partial charge is 0.320 e. The number of nitrogens with one attached hydrogen (secondary N) is 2. The molecule has 0 aliphatic carbocycles. The van der Waals surface area contributed by atoms with E-state index in [1.54, 1.807) is 24.4 Å². The van der Waals surface area contributed by atoms with Gasteiger partial charge in [0, 0.05) is 5.69 Å². The van der Waals surface area contributed by atoms with E-state index in [1.807, 2.05) is 6.92 Å². The summed E-state index contributed by atoms with van der Waals surface area (Å²) in [5.41, 5.74) is 1.49. The van der Waals surface area contributed by atoms with E-state index in [0.29, 0.717) is 5.69 Å². The highest BCUT2D eigenvalue weighted by Crippen LogP contribution is 2.04. The minimum atomic E-state index is -0.405. The summed E-state index contributed by atoms with van der Waals surface area (Å²) in [5, 5.41) is 13.1. The Hall–Kier alpha value is -2.09. The molecular formula is C9H10N4O. The molecule has 1 heterocycles. The number of nitriles is 1. The number of amides is 2. The van der Waals surface area contributed by atoms with Gasteiger partial charge in [0.15, 0.2) is 0 Å². The predicted octanol–water partition coefficient (Wildman–Crippen LogP) is 1.04. The number of carbonyl (C=O) groups is 1. The molecule has 1 aromatic rings. The molecule has 2 amide bonds. The monoisotopic (exact) mass is 190 g/mol. The Morgan fingerprint density at radius 2 is 2.43 bits per heavy atom. The maximum atomic E-state index is 11.1. The number of carbonyl (C=O) groups excluding carboxylic acids is 1. The summed E-state index contributed by atoms with van der Waals surface area (Å²) >= 11 is 0. The van der Waals surface area contributed by atoms with Crippen LogP contribution in [0.3, 0.4) is 0 Å². The normalized spacial score (nSPS) is 8.86. The van der Waals surface area contributed by atoms with E-state index in [2.05, 4.69) is 15.6 Å². The van der Waals surface area contributed by atoms with Gasteiger partial charge in [0.25, 0.3) is 0 Å². The SMILES string of the molecule is Cc1ccc(NC(=O)NCC#N)cn1. The first-order valence-electron chi connectivity index (χ1n) is 4.07. The van der Waals surface area contributed by atoms with Crippen LogP contribution in [0.2, 0.25) is 0 Å². The number of aryl methyl sites for hydroxylation is 1. The molecule has 0 unspecified atom stereocenters. The zero-order valence-electron chi connectivity index (χ0n) is 7.74. The third-order valence-electron chi connectivity index (χ3n) is 1.50. The molecule has 0 saturated heterocycles. The predicted molar refractivity (Wildman–Crippen MR) is 51.6 cm³/mol. The summed E-state index contributed by atoms with van der Waals surface area (Å²) in [7, 11) is 0. The van der Waals surface area contributed by atoms with Crippen molar-refractivity contribution >= 4 is 11.7 Å². The fourth-order valence-corrected chi connectivity index (χ4v) is 0.837. The van der Waals surface area contributed by atoms with E-state index in [4.69, 9.17) is 5.26 Å². The van der Waals surface area contributed by atoms with Crippen LogP contribution in [-0.2, 0) is 0 Å². The van der Waals surface area contributed by atoms with E-state index >= 15 is 0 Å². The summed E-state index contributed by atoms with van der Waals surface area (Å²) in [6.07, 6.45) is 1.56. The van der Waals surface area contributed by atoms with Crippen molar-refractivity contribution in [3.63, 3.8) is 0 Å². The van der Waals surface area contributed by atoms with Crippen LogP contribution in [0.4, 0.5) is 10.5 Å². The minimum absolute atomic E-state index is 0.00881. The van der Waals surface area contributed by atoms with E-state index < -0.39 is 6.03 Å². The van der Waals surface area contributed by atoms with Crippen molar-refractivity contribution < 1.29 is 4.79 Å².